The minimum atomic E-state index is -2.64. The summed E-state index contributed by atoms with van der Waals surface area (Å²) in [6, 6.07) is 24.0. The Bertz CT molecular complexity index is 1810. The van der Waals surface area contributed by atoms with Crippen LogP contribution in [0.25, 0.3) is 0 Å². The van der Waals surface area contributed by atoms with Crippen LogP contribution < -0.4 is 4.90 Å². The number of esters is 1. The molecule has 0 aliphatic rings. The SMILES string of the molecule is C.CCOCN(C)CC(=O)OCCC[Si](OCC)(OCC)OCC.CCOCN(C)CCC[Si](OCC)(OCC)OCC.CCOCN(CCC[Si](OCC)(OCC)OCC)Cc1ccccc1.CCOCN(CCC[Si](OCC)(OCC)OCC)c1ccccc1. The Morgan fingerprint density at radius 2 is 0.674 bits per heavy atom. The molecule has 2 rings (SSSR count). The van der Waals surface area contributed by atoms with Gasteiger partial charge in [-0.25, -0.2) is 0 Å². The van der Waals surface area contributed by atoms with E-state index >= 15 is 0 Å². The second-order valence-electron chi connectivity index (χ2n) is 20.3. The molecule has 0 amide bonds. The fourth-order valence-corrected chi connectivity index (χ4v) is 19.6. The fourth-order valence-electron chi connectivity index (χ4n) is 9.28. The molecule has 0 saturated heterocycles. The van der Waals surface area contributed by atoms with E-state index in [0.717, 1.165) is 76.8 Å². The van der Waals surface area contributed by atoms with E-state index in [1.807, 2.05) is 142 Å². The van der Waals surface area contributed by atoms with E-state index in [9.17, 15) is 4.79 Å². The summed E-state index contributed by atoms with van der Waals surface area (Å²) in [6.45, 7) is 48.3. The normalized spacial score (nSPS) is 11.8. The van der Waals surface area contributed by atoms with Gasteiger partial charge in [0.05, 0.1) is 33.3 Å². The first-order valence-electron chi connectivity index (χ1n) is 34.1. The highest BCUT2D eigenvalue weighted by atomic mass is 28.4. The summed E-state index contributed by atoms with van der Waals surface area (Å²) < 4.78 is 97.4. The highest BCUT2D eigenvalue weighted by molar-refractivity contribution is 6.61. The van der Waals surface area contributed by atoms with Crippen LogP contribution in [0.1, 0.15) is 149 Å². The number of carbonyl (C=O) groups excluding carboxylic acids is 1. The van der Waals surface area contributed by atoms with Gasteiger partial charge in [0.2, 0.25) is 0 Å². The largest absolute Gasteiger partial charge is 0.501 e. The van der Waals surface area contributed by atoms with Crippen molar-refractivity contribution in [3.05, 3.63) is 66.2 Å². The van der Waals surface area contributed by atoms with Crippen molar-refractivity contribution in [2.75, 3.05) is 184 Å². The van der Waals surface area contributed by atoms with Gasteiger partial charge in [0, 0.05) is 155 Å². The predicted octanol–water partition coefficient (Wildman–Crippen LogP) is 12.7. The summed E-state index contributed by atoms with van der Waals surface area (Å²) in [5, 5.41) is 0. The van der Waals surface area contributed by atoms with E-state index in [0.29, 0.717) is 138 Å². The highest BCUT2D eigenvalue weighted by Crippen LogP contribution is 2.23. The number of nitrogens with zero attached hydrogens (tertiary/aromatic N) is 4. The molecular weight excluding hydrogens is 1250 g/mol. The van der Waals surface area contributed by atoms with Crippen LogP contribution in [0.2, 0.25) is 24.2 Å². The number of carbonyl (C=O) groups is 1. The summed E-state index contributed by atoms with van der Waals surface area (Å²) in [6.07, 6.45) is 3.56. The van der Waals surface area contributed by atoms with Crippen LogP contribution in [0, 0.1) is 0 Å². The van der Waals surface area contributed by atoms with Crippen molar-refractivity contribution < 1.29 is 81.6 Å². The molecule has 544 valence electrons. The van der Waals surface area contributed by atoms with Crippen LogP contribution >= 0.6 is 0 Å². The van der Waals surface area contributed by atoms with E-state index in [-0.39, 0.29) is 19.9 Å². The maximum absolute atomic E-state index is 11.7. The molecule has 0 N–H and O–H groups in total. The van der Waals surface area contributed by atoms with Gasteiger partial charge in [-0.05, 0) is 175 Å². The van der Waals surface area contributed by atoms with Crippen LogP contribution in [-0.2, 0) is 88.1 Å². The second-order valence-corrected chi connectivity index (χ2v) is 31.2. The lowest BCUT2D eigenvalue weighted by Crippen LogP contribution is -2.46. The number of benzene rings is 2. The molecule has 2 aromatic rings. The molecule has 0 radical (unpaired) electrons. The molecule has 0 aliphatic carbocycles. The summed E-state index contributed by atoms with van der Waals surface area (Å²) in [5.74, 6) is -0.260. The number of hydrogen-bond donors (Lipinski definition) is 0. The van der Waals surface area contributed by atoms with Crippen molar-refractivity contribution in [1.82, 2.24) is 14.7 Å². The van der Waals surface area contributed by atoms with Crippen molar-refractivity contribution in [2.45, 2.75) is 175 Å². The average Bonchev–Trinajstić information content (AvgIpc) is 2.68. The van der Waals surface area contributed by atoms with Crippen LogP contribution in [0.15, 0.2) is 60.7 Å². The molecule has 0 atom stereocenters. The average molecular weight is 1390 g/mol. The molecule has 26 heteroatoms. The maximum Gasteiger partial charge on any atom is 0.501 e. The van der Waals surface area contributed by atoms with Gasteiger partial charge in [-0.3, -0.25) is 19.5 Å². The fraction of sp³-hybridized carbons (Fsp3) is 0.803. The van der Waals surface area contributed by atoms with Crippen LogP contribution in [-0.4, -0.2) is 235 Å². The Kier molecular flexibility index (Phi) is 64.9. The van der Waals surface area contributed by atoms with Crippen molar-refractivity contribution in [3.63, 3.8) is 0 Å². The Balaban J connectivity index is -0.00000115. The first kappa shape index (κ1) is 94.0. The number of para-hydroxylation sites is 1. The molecule has 2 aromatic carbocycles. The Morgan fingerprint density at radius 1 is 0.359 bits per heavy atom. The Morgan fingerprint density at radius 3 is 1.04 bits per heavy atom. The summed E-state index contributed by atoms with van der Waals surface area (Å²) in [7, 11) is -6.35. The molecule has 0 bridgehead atoms. The van der Waals surface area contributed by atoms with Gasteiger partial charge in [0.15, 0.2) is 0 Å². The highest BCUT2D eigenvalue weighted by Gasteiger charge is 2.42. The lowest BCUT2D eigenvalue weighted by atomic mass is 10.2. The predicted molar refractivity (Wildman–Crippen MR) is 380 cm³/mol. The number of hydrogen-bond acceptors (Lipinski definition) is 22. The topological polar surface area (TPSA) is 187 Å². The summed E-state index contributed by atoms with van der Waals surface area (Å²) in [4.78, 5) is 20.2. The van der Waals surface area contributed by atoms with Crippen molar-refractivity contribution in [3.8, 4) is 0 Å². The molecule has 92 heavy (non-hydrogen) atoms. The lowest BCUT2D eigenvalue weighted by molar-refractivity contribution is -0.146. The monoisotopic (exact) mass is 1380 g/mol. The number of likely N-dealkylation sites (N-methyl/N-ethyl adjacent to an activating group) is 1. The zero-order chi connectivity index (χ0) is 68.2. The maximum atomic E-state index is 11.7. The third kappa shape index (κ3) is 46.9. The second kappa shape index (κ2) is 63.6. The zero-order valence-electron chi connectivity index (χ0n) is 60.5. The molecule has 0 saturated carbocycles. The van der Waals surface area contributed by atoms with Crippen molar-refractivity contribution in [2.24, 2.45) is 0 Å². The third-order valence-electron chi connectivity index (χ3n) is 12.9. The molecule has 0 aliphatic heterocycles. The van der Waals surface area contributed by atoms with Gasteiger partial charge in [0.25, 0.3) is 0 Å². The van der Waals surface area contributed by atoms with Crippen molar-refractivity contribution >= 4 is 46.9 Å². The third-order valence-corrected chi connectivity index (χ3v) is 25.5. The zero-order valence-corrected chi connectivity index (χ0v) is 64.5. The van der Waals surface area contributed by atoms with E-state index in [4.69, 9.17) is 76.8 Å². The first-order chi connectivity index (χ1) is 44.1. The molecule has 0 aromatic heterocycles. The smallest absolute Gasteiger partial charge is 0.465 e. The van der Waals surface area contributed by atoms with Crippen molar-refractivity contribution in [1.29, 1.82) is 0 Å². The van der Waals surface area contributed by atoms with Crippen LogP contribution in [0.4, 0.5) is 5.69 Å². The quantitative estimate of drug-likeness (QED) is 0.0263. The van der Waals surface area contributed by atoms with E-state index in [1.54, 1.807) is 4.90 Å². The minimum Gasteiger partial charge on any atom is -0.465 e. The molecule has 0 heterocycles. The van der Waals surface area contributed by atoms with Gasteiger partial charge >= 0.3 is 41.2 Å². The van der Waals surface area contributed by atoms with Gasteiger partial charge in [0.1, 0.15) is 6.73 Å². The Hall–Kier alpha value is -2.18. The van der Waals surface area contributed by atoms with E-state index in [1.165, 1.54) is 11.3 Å². The molecule has 0 spiro atoms. The van der Waals surface area contributed by atoms with Crippen LogP contribution in [0.3, 0.4) is 0 Å². The lowest BCUT2D eigenvalue weighted by Gasteiger charge is -2.30. The number of ether oxygens (including phenoxy) is 5. The van der Waals surface area contributed by atoms with E-state index in [2.05, 4.69) is 58.1 Å². The Labute approximate surface area is 565 Å². The molecule has 22 nitrogen and oxygen atoms in total. The first-order valence-corrected chi connectivity index (χ1v) is 41.9. The van der Waals surface area contributed by atoms with Gasteiger partial charge in [-0.2, -0.15) is 0 Å². The van der Waals surface area contributed by atoms with E-state index < -0.39 is 35.2 Å². The molecule has 0 unspecified atom stereocenters. The molecular formula is C66H136N4O18Si4. The van der Waals surface area contributed by atoms with Crippen LogP contribution in [0.5, 0.6) is 0 Å². The minimum absolute atomic E-state index is 0. The standard InChI is InChI=1S/C19H35NO4Si.C18H33NO4Si.C15H33NO6Si.C13H31NO4Si.CH4/c1-5-21-18-20(17-19-13-10-9-11-14-19)15-12-16-25(22-6-2,23-7-3)24-8-4;1-5-20-17-19(18-13-10-9-11-14-18)15-12-16-24(21-6-2,22-7-3)23-8-4;1-6-18-14-16(5)13-15(17)19-11-10-12-23(20-7-2,21-8-3)22-9-4;1-6-15-13-14(5)11-10-12-19(16-7-2,17-8-3)18-9-4;/h9-11,13-14H,5-8,12,15-18H2,1-4H3;9-11,13-14H,5-8,12,15-17H2,1-4H3;6-14H2,1-5H3;6-13H2,1-5H3;1H4. The van der Waals surface area contributed by atoms with Gasteiger partial charge in [-0.15, -0.1) is 0 Å². The van der Waals surface area contributed by atoms with Gasteiger partial charge in [-0.1, -0.05) is 56.0 Å². The summed E-state index contributed by atoms with van der Waals surface area (Å²) in [5.41, 5.74) is 2.47. The van der Waals surface area contributed by atoms with Gasteiger partial charge < -0.3 is 81.7 Å². The number of anilines is 1. The number of rotatable bonds is 57. The molecule has 0 fully saturated rings. The summed E-state index contributed by atoms with van der Waals surface area (Å²) >= 11 is 0.